The Bertz CT molecular complexity index is 460. The molecule has 2 rings (SSSR count). The Kier molecular flexibility index (Phi) is 4.82. The van der Waals surface area contributed by atoms with Crippen molar-refractivity contribution in [3.63, 3.8) is 0 Å². The molecule has 1 aromatic carbocycles. The maximum Gasteiger partial charge on any atom is 0.346 e. The van der Waals surface area contributed by atoms with Gasteiger partial charge in [-0.2, -0.15) is 0 Å². The average molecular weight is 328 g/mol. The Balaban J connectivity index is 2.06. The van der Waals surface area contributed by atoms with Gasteiger partial charge in [0, 0.05) is 22.6 Å². The number of carbonyl (C=O) groups is 1. The minimum absolute atomic E-state index is 0.371. The van der Waals surface area contributed by atoms with E-state index in [-0.39, 0.29) is 5.97 Å². The number of nitrogens with one attached hydrogen (secondary N) is 1. The van der Waals surface area contributed by atoms with Gasteiger partial charge in [-0.05, 0) is 38.0 Å². The number of methoxy groups -OCH3 is 1. The molecule has 104 valence electrons. The summed E-state index contributed by atoms with van der Waals surface area (Å²) in [5.74, 6) is 0.346. The zero-order valence-corrected chi connectivity index (χ0v) is 12.7. The van der Waals surface area contributed by atoms with Crippen LogP contribution in [0.3, 0.4) is 0 Å². The van der Waals surface area contributed by atoms with Crippen molar-refractivity contribution in [2.75, 3.05) is 7.11 Å². The third-order valence-corrected chi connectivity index (χ3v) is 3.51. The van der Waals surface area contributed by atoms with E-state index >= 15 is 0 Å². The summed E-state index contributed by atoms with van der Waals surface area (Å²) in [5.41, 5.74) is 1.04. The lowest BCUT2D eigenvalue weighted by Gasteiger charge is -2.16. The normalized spacial score (nSPS) is 15.9. The van der Waals surface area contributed by atoms with Gasteiger partial charge >= 0.3 is 5.97 Å². The Labute approximate surface area is 121 Å². The van der Waals surface area contributed by atoms with E-state index in [0.29, 0.717) is 11.8 Å². The lowest BCUT2D eigenvalue weighted by atomic mass is 10.2. The topological polar surface area (TPSA) is 47.6 Å². The summed E-state index contributed by atoms with van der Waals surface area (Å²) in [6, 6.07) is 6.41. The lowest BCUT2D eigenvalue weighted by molar-refractivity contribution is -0.147. The van der Waals surface area contributed by atoms with Crippen LogP contribution in [0.15, 0.2) is 22.7 Å². The molecule has 5 heteroatoms. The highest BCUT2D eigenvalue weighted by Gasteiger charge is 2.21. The highest BCUT2D eigenvalue weighted by Crippen LogP contribution is 2.26. The van der Waals surface area contributed by atoms with Crippen LogP contribution in [0.25, 0.3) is 0 Å². The predicted octanol–water partition coefficient (Wildman–Crippen LogP) is 2.64. The molecule has 0 bridgehead atoms. The average Bonchev–Trinajstić information content (AvgIpc) is 3.22. The SMILES string of the molecule is COC(=O)C(C)Oc1ccc(Br)cc1CNC1CC1. The van der Waals surface area contributed by atoms with Crippen molar-refractivity contribution >= 4 is 21.9 Å². The maximum atomic E-state index is 11.4. The number of benzene rings is 1. The summed E-state index contributed by atoms with van der Waals surface area (Å²) in [5, 5.41) is 3.44. The van der Waals surface area contributed by atoms with E-state index in [2.05, 4.69) is 26.0 Å². The molecule has 0 amide bonds. The standard InChI is InChI=1S/C14H18BrNO3/c1-9(14(17)18-2)19-13-6-3-11(15)7-10(13)8-16-12-4-5-12/h3,6-7,9,12,16H,4-5,8H2,1-2H3. The quantitative estimate of drug-likeness (QED) is 0.816. The Hall–Kier alpha value is -1.07. The third-order valence-electron chi connectivity index (χ3n) is 3.02. The van der Waals surface area contributed by atoms with Crippen molar-refractivity contribution in [1.82, 2.24) is 5.32 Å². The maximum absolute atomic E-state index is 11.4. The monoisotopic (exact) mass is 327 g/mol. The summed E-state index contributed by atoms with van der Waals surface area (Å²) in [6.45, 7) is 2.43. The molecule has 1 N–H and O–H groups in total. The molecule has 1 unspecified atom stereocenters. The summed E-state index contributed by atoms with van der Waals surface area (Å²) in [4.78, 5) is 11.4. The molecule has 1 aromatic rings. The van der Waals surface area contributed by atoms with Crippen LogP contribution < -0.4 is 10.1 Å². The van der Waals surface area contributed by atoms with Crippen molar-refractivity contribution < 1.29 is 14.3 Å². The van der Waals surface area contributed by atoms with Gasteiger partial charge in [0.15, 0.2) is 6.10 Å². The smallest absolute Gasteiger partial charge is 0.346 e. The molecular weight excluding hydrogens is 310 g/mol. The van der Waals surface area contributed by atoms with E-state index in [1.54, 1.807) is 6.92 Å². The van der Waals surface area contributed by atoms with E-state index in [4.69, 9.17) is 4.74 Å². The van der Waals surface area contributed by atoms with Gasteiger partial charge in [-0.1, -0.05) is 15.9 Å². The van der Waals surface area contributed by atoms with Crippen LogP contribution in [0.1, 0.15) is 25.3 Å². The van der Waals surface area contributed by atoms with Crippen LogP contribution in [0.4, 0.5) is 0 Å². The molecule has 0 radical (unpaired) electrons. The molecular formula is C14H18BrNO3. The molecule has 1 saturated carbocycles. The number of rotatable bonds is 6. The molecule has 0 saturated heterocycles. The van der Waals surface area contributed by atoms with Gasteiger partial charge < -0.3 is 14.8 Å². The predicted molar refractivity (Wildman–Crippen MR) is 76.1 cm³/mol. The van der Waals surface area contributed by atoms with Gasteiger partial charge in [-0.25, -0.2) is 4.79 Å². The first-order valence-electron chi connectivity index (χ1n) is 6.36. The molecule has 1 aliphatic rings. The van der Waals surface area contributed by atoms with Crippen molar-refractivity contribution in [2.24, 2.45) is 0 Å². The second-order valence-corrected chi connectivity index (χ2v) is 5.61. The van der Waals surface area contributed by atoms with Crippen LogP contribution in [0.5, 0.6) is 5.75 Å². The minimum atomic E-state index is -0.606. The van der Waals surface area contributed by atoms with Crippen molar-refractivity contribution in [3.8, 4) is 5.75 Å². The Morgan fingerprint density at radius 1 is 1.53 bits per heavy atom. The van der Waals surface area contributed by atoms with Crippen LogP contribution in [-0.4, -0.2) is 25.2 Å². The van der Waals surface area contributed by atoms with E-state index in [9.17, 15) is 4.79 Å². The van der Waals surface area contributed by atoms with E-state index < -0.39 is 6.10 Å². The van der Waals surface area contributed by atoms with Crippen molar-refractivity contribution in [1.29, 1.82) is 0 Å². The number of esters is 1. The number of carbonyl (C=O) groups excluding carboxylic acids is 1. The van der Waals surface area contributed by atoms with Crippen LogP contribution in [-0.2, 0) is 16.1 Å². The highest BCUT2D eigenvalue weighted by atomic mass is 79.9. The number of ether oxygens (including phenoxy) is 2. The molecule has 4 nitrogen and oxygen atoms in total. The number of hydrogen-bond donors (Lipinski definition) is 1. The fourth-order valence-electron chi connectivity index (χ4n) is 1.75. The van der Waals surface area contributed by atoms with Gasteiger partial charge in [-0.15, -0.1) is 0 Å². The molecule has 1 aliphatic carbocycles. The second-order valence-electron chi connectivity index (χ2n) is 4.69. The van der Waals surface area contributed by atoms with Crippen molar-refractivity contribution in [2.45, 2.75) is 38.5 Å². The lowest BCUT2D eigenvalue weighted by Crippen LogP contribution is -2.26. The molecule has 0 heterocycles. The van der Waals surface area contributed by atoms with Gasteiger partial charge in [-0.3, -0.25) is 0 Å². The summed E-state index contributed by atoms with van der Waals surface area (Å²) in [6.07, 6.45) is 1.87. The molecule has 1 atom stereocenters. The molecule has 0 spiro atoms. The molecule has 1 fully saturated rings. The number of hydrogen-bond acceptors (Lipinski definition) is 4. The van der Waals surface area contributed by atoms with E-state index in [1.807, 2.05) is 18.2 Å². The van der Waals surface area contributed by atoms with Gasteiger partial charge in [0.1, 0.15) is 5.75 Å². The number of halogens is 1. The van der Waals surface area contributed by atoms with E-state index in [1.165, 1.54) is 20.0 Å². The minimum Gasteiger partial charge on any atom is -0.479 e. The van der Waals surface area contributed by atoms with E-state index in [0.717, 1.165) is 16.6 Å². The van der Waals surface area contributed by atoms with Crippen LogP contribution >= 0.6 is 15.9 Å². The molecule has 0 aromatic heterocycles. The highest BCUT2D eigenvalue weighted by molar-refractivity contribution is 9.10. The summed E-state index contributed by atoms with van der Waals surface area (Å²) >= 11 is 3.45. The Morgan fingerprint density at radius 2 is 2.26 bits per heavy atom. The zero-order valence-electron chi connectivity index (χ0n) is 11.1. The largest absolute Gasteiger partial charge is 0.479 e. The fraction of sp³-hybridized carbons (Fsp3) is 0.500. The van der Waals surface area contributed by atoms with Crippen LogP contribution in [0.2, 0.25) is 0 Å². The third kappa shape index (κ3) is 4.21. The first-order chi connectivity index (χ1) is 9.10. The first-order valence-corrected chi connectivity index (χ1v) is 7.15. The van der Waals surface area contributed by atoms with Crippen LogP contribution in [0, 0.1) is 0 Å². The van der Waals surface area contributed by atoms with Gasteiger partial charge in [0.05, 0.1) is 7.11 Å². The fourth-order valence-corrected chi connectivity index (χ4v) is 2.16. The van der Waals surface area contributed by atoms with Crippen molar-refractivity contribution in [3.05, 3.63) is 28.2 Å². The van der Waals surface area contributed by atoms with Gasteiger partial charge in [0.25, 0.3) is 0 Å². The second kappa shape index (κ2) is 6.39. The molecule has 19 heavy (non-hydrogen) atoms. The zero-order chi connectivity index (χ0) is 13.8. The van der Waals surface area contributed by atoms with Gasteiger partial charge in [0.2, 0.25) is 0 Å². The Morgan fingerprint density at radius 3 is 2.89 bits per heavy atom. The summed E-state index contributed by atoms with van der Waals surface area (Å²) in [7, 11) is 1.36. The summed E-state index contributed by atoms with van der Waals surface area (Å²) < 4.78 is 11.3. The molecule has 0 aliphatic heterocycles. The first kappa shape index (κ1) is 14.3.